The first kappa shape index (κ1) is 20.2. The number of hydrogen-bond acceptors (Lipinski definition) is 0. The van der Waals surface area contributed by atoms with Crippen LogP contribution >= 0.6 is 0 Å². The average molecular weight is 440 g/mol. The molecule has 0 aliphatic heterocycles. The van der Waals surface area contributed by atoms with Crippen molar-refractivity contribution in [2.45, 2.75) is 6.42 Å². The van der Waals surface area contributed by atoms with Crippen LogP contribution in [0.15, 0.2) is 72.8 Å². The molecule has 120 valence electrons. The number of benzene rings is 3. The van der Waals surface area contributed by atoms with E-state index in [1.807, 2.05) is 6.07 Å². The molecule has 3 aromatic carbocycles. The van der Waals surface area contributed by atoms with Gasteiger partial charge in [-0.05, 0) is 30.2 Å². The van der Waals surface area contributed by atoms with E-state index in [2.05, 4.69) is 77.4 Å². The fourth-order valence-electron chi connectivity index (χ4n) is 3.63. The van der Waals surface area contributed by atoms with Crippen molar-refractivity contribution in [1.29, 1.82) is 0 Å². The van der Waals surface area contributed by atoms with Gasteiger partial charge in [0.05, 0.1) is 5.52 Å². The maximum Gasteiger partial charge on any atom is 3.00 e. The normalized spacial score (nSPS) is 10.9. The van der Waals surface area contributed by atoms with Gasteiger partial charge >= 0.3 is 32.7 Å². The molecule has 1 heterocycles. The molecule has 0 atom stereocenters. The van der Waals surface area contributed by atoms with Gasteiger partial charge in [-0.25, -0.2) is 0 Å². The van der Waals surface area contributed by atoms with Crippen LogP contribution in [0.25, 0.3) is 27.8 Å². The number of hydrogen-bond donors (Lipinski definition) is 0. The Hall–Kier alpha value is -1.12. The zero-order valence-corrected chi connectivity index (χ0v) is 17.8. The summed E-state index contributed by atoms with van der Waals surface area (Å²) in [6.45, 7) is 0. The van der Waals surface area contributed by atoms with Crippen LogP contribution in [0.4, 0.5) is 0 Å². The minimum Gasteiger partial charge on any atom is -1.00 e. The van der Waals surface area contributed by atoms with Crippen LogP contribution in [0.5, 0.6) is 0 Å². The van der Waals surface area contributed by atoms with Crippen LogP contribution in [-0.4, -0.2) is 4.57 Å². The summed E-state index contributed by atoms with van der Waals surface area (Å²) in [5, 5.41) is 1.35. The van der Waals surface area contributed by atoms with Crippen molar-refractivity contribution in [2.24, 2.45) is 0 Å². The summed E-state index contributed by atoms with van der Waals surface area (Å²) in [6, 6.07) is 29.1. The predicted molar refractivity (Wildman–Crippen MR) is 90.4 cm³/mol. The van der Waals surface area contributed by atoms with Crippen molar-refractivity contribution in [1.82, 2.24) is 4.57 Å². The van der Waals surface area contributed by atoms with E-state index in [9.17, 15) is 0 Å². The van der Waals surface area contributed by atoms with Crippen molar-refractivity contribution in [3.63, 3.8) is 0 Å². The maximum absolute atomic E-state index is 3.41. The maximum atomic E-state index is 3.41. The van der Waals surface area contributed by atoms with Crippen LogP contribution in [0.2, 0.25) is 0 Å². The summed E-state index contributed by atoms with van der Waals surface area (Å²) >= 11 is 0. The first-order valence-electron chi connectivity index (χ1n) is 7.61. The molecule has 0 fully saturated rings. The molecule has 0 amide bonds. The second kappa shape index (κ2) is 8.06. The summed E-state index contributed by atoms with van der Waals surface area (Å²) in [6.07, 6.45) is 0.978. The molecule has 0 saturated carbocycles. The Kier molecular flexibility index (Phi) is 6.51. The Bertz CT molecular complexity index is 1010. The minimum absolute atomic E-state index is 0. The van der Waals surface area contributed by atoms with Gasteiger partial charge in [0.2, 0.25) is 0 Å². The quantitative estimate of drug-likeness (QED) is 0.295. The molecule has 1 aliphatic rings. The summed E-state index contributed by atoms with van der Waals surface area (Å²) in [5.74, 6) is 0. The van der Waals surface area contributed by atoms with E-state index in [4.69, 9.17) is 0 Å². The fraction of sp³-hybridized carbons (Fsp3) is 0.0476. The van der Waals surface area contributed by atoms with Crippen molar-refractivity contribution in [3.05, 3.63) is 90.0 Å². The molecule has 0 spiro atoms. The second-order valence-electron chi connectivity index (χ2n) is 5.75. The first-order chi connectivity index (χ1) is 10.9. The van der Waals surface area contributed by atoms with Crippen LogP contribution in [0, 0.1) is 6.07 Å². The Balaban J connectivity index is 0.000000751. The summed E-state index contributed by atoms with van der Waals surface area (Å²) in [7, 11) is 0. The van der Waals surface area contributed by atoms with Crippen LogP contribution in [-0.2, 0) is 39.1 Å². The van der Waals surface area contributed by atoms with E-state index < -0.39 is 0 Å². The molecule has 1 aliphatic carbocycles. The third-order valence-corrected chi connectivity index (χ3v) is 4.54. The molecule has 25 heavy (non-hydrogen) atoms. The molecule has 0 radical (unpaired) electrons. The molecule has 0 unspecified atom stereocenters. The van der Waals surface area contributed by atoms with Crippen molar-refractivity contribution in [2.75, 3.05) is 0 Å². The Labute approximate surface area is 185 Å². The van der Waals surface area contributed by atoms with E-state index in [1.165, 1.54) is 39.0 Å². The number of halogens is 2. The molecule has 5 rings (SSSR count). The van der Waals surface area contributed by atoms with Gasteiger partial charge in [0.25, 0.3) is 0 Å². The van der Waals surface area contributed by atoms with Gasteiger partial charge in [-0.3, -0.25) is 0 Å². The number of rotatable bonds is 1. The largest absolute Gasteiger partial charge is 3.00 e. The van der Waals surface area contributed by atoms with Gasteiger partial charge in [-0.1, -0.05) is 36.4 Å². The zero-order valence-electron chi connectivity index (χ0n) is 13.4. The topological polar surface area (TPSA) is 4.93 Å². The molecule has 4 heteroatoms. The molecule has 0 N–H and O–H groups in total. The summed E-state index contributed by atoms with van der Waals surface area (Å²) < 4.78 is 2.39. The van der Waals surface area contributed by atoms with Gasteiger partial charge in [-0.15, -0.1) is 11.1 Å². The third-order valence-electron chi connectivity index (χ3n) is 4.54. The number of para-hydroxylation sites is 2. The van der Waals surface area contributed by atoms with E-state index in [0.29, 0.717) is 0 Å². The number of aromatic nitrogens is 1. The van der Waals surface area contributed by atoms with E-state index in [0.717, 1.165) is 6.42 Å². The zero-order chi connectivity index (χ0) is 14.5. The van der Waals surface area contributed by atoms with E-state index >= 15 is 0 Å². The van der Waals surface area contributed by atoms with Crippen molar-refractivity contribution >= 4 is 10.9 Å². The van der Waals surface area contributed by atoms with Crippen LogP contribution in [0.3, 0.4) is 0 Å². The Morgan fingerprint density at radius 2 is 1.52 bits per heavy atom. The summed E-state index contributed by atoms with van der Waals surface area (Å²) in [4.78, 5) is 0. The van der Waals surface area contributed by atoms with Crippen LogP contribution in [0.1, 0.15) is 11.1 Å². The molecular formula is C21H14Cl2NY. The van der Waals surface area contributed by atoms with Crippen LogP contribution < -0.4 is 24.8 Å². The van der Waals surface area contributed by atoms with Crippen molar-refractivity contribution in [3.8, 4) is 16.9 Å². The minimum atomic E-state index is 0. The SMILES string of the molecule is [Cl-].[Cl-].[Y+3].[c-]1cccc2c1Cc1c-2n(-c2ccccc2)c2ccccc12. The fourth-order valence-corrected chi connectivity index (χ4v) is 3.63. The Morgan fingerprint density at radius 1 is 0.800 bits per heavy atom. The predicted octanol–water partition coefficient (Wildman–Crippen LogP) is -0.993. The van der Waals surface area contributed by atoms with Crippen molar-refractivity contribution < 1.29 is 57.5 Å². The van der Waals surface area contributed by atoms with Gasteiger partial charge in [0.15, 0.2) is 0 Å². The molecular weight excluding hydrogens is 426 g/mol. The number of nitrogens with zero attached hydrogens (tertiary/aromatic N) is 1. The second-order valence-corrected chi connectivity index (χ2v) is 5.75. The van der Waals surface area contributed by atoms with E-state index in [-0.39, 0.29) is 57.5 Å². The van der Waals surface area contributed by atoms with Gasteiger partial charge in [0.1, 0.15) is 0 Å². The molecule has 0 saturated heterocycles. The van der Waals surface area contributed by atoms with E-state index in [1.54, 1.807) is 0 Å². The molecule has 1 nitrogen and oxygen atoms in total. The molecule has 0 bridgehead atoms. The standard InChI is InChI=1S/C21H14N.2ClH.Y/c1-2-9-16(10-3-1)22-20-13-7-6-12-18(20)19-14-15-8-4-5-11-17(15)21(19)22;;;/h1-7,9-13H,14H2;2*1H;/q-1;;;+3/p-2. The smallest absolute Gasteiger partial charge is 1.00 e. The number of fused-ring (bicyclic) bond motifs is 5. The van der Waals surface area contributed by atoms with Gasteiger partial charge in [0, 0.05) is 16.8 Å². The average Bonchev–Trinajstić information content (AvgIpc) is 3.10. The monoisotopic (exact) mass is 439 g/mol. The van der Waals surface area contributed by atoms with Gasteiger partial charge < -0.3 is 29.4 Å². The first-order valence-corrected chi connectivity index (χ1v) is 7.61. The van der Waals surface area contributed by atoms with Gasteiger partial charge in [-0.2, -0.15) is 24.3 Å². The third kappa shape index (κ3) is 3.08. The molecule has 1 aromatic heterocycles. The molecule has 4 aromatic rings. The Morgan fingerprint density at radius 3 is 2.32 bits per heavy atom. The summed E-state index contributed by atoms with van der Waals surface area (Å²) in [5.41, 5.74) is 7.89.